The topological polar surface area (TPSA) is 65.4 Å². The lowest BCUT2D eigenvalue weighted by Crippen LogP contribution is -2.14. The van der Waals surface area contributed by atoms with E-state index in [2.05, 4.69) is 13.8 Å². The molecule has 1 heterocycles. The van der Waals surface area contributed by atoms with Gasteiger partial charge in [-0.3, -0.25) is 0 Å². The maximum absolute atomic E-state index is 13.3. The molecule has 0 bridgehead atoms. The number of hydrogen-bond donors (Lipinski definition) is 0. The lowest BCUT2D eigenvalue weighted by molar-refractivity contribution is 0.0525. The molecule has 28 heavy (non-hydrogen) atoms. The van der Waals surface area contributed by atoms with Gasteiger partial charge in [-0.25, -0.2) is 17.2 Å². The molecule has 6 heteroatoms. The van der Waals surface area contributed by atoms with Crippen molar-refractivity contribution in [3.63, 3.8) is 0 Å². The van der Waals surface area contributed by atoms with Crippen molar-refractivity contribution in [3.8, 4) is 0 Å². The van der Waals surface area contributed by atoms with Crippen molar-refractivity contribution in [2.75, 3.05) is 6.61 Å². The van der Waals surface area contributed by atoms with E-state index in [9.17, 15) is 13.2 Å². The monoisotopic (exact) mass is 397 g/mol. The fourth-order valence-corrected chi connectivity index (χ4v) is 5.80. The van der Waals surface area contributed by atoms with Crippen LogP contribution in [0.4, 0.5) is 0 Å². The third-order valence-corrected chi connectivity index (χ3v) is 7.20. The van der Waals surface area contributed by atoms with Crippen molar-refractivity contribution in [2.45, 2.75) is 43.9 Å². The van der Waals surface area contributed by atoms with Crippen LogP contribution in [0.5, 0.6) is 0 Å². The van der Waals surface area contributed by atoms with Gasteiger partial charge in [0, 0.05) is 11.6 Å². The summed E-state index contributed by atoms with van der Waals surface area (Å²) in [6.45, 7) is 6.25. The molecule has 0 amide bonds. The maximum Gasteiger partial charge on any atom is 0.338 e. The quantitative estimate of drug-likeness (QED) is 0.600. The highest BCUT2D eigenvalue weighted by atomic mass is 32.2. The standard InChI is InChI=1S/C22H23NO4S/c1-4-27-22(24)18-13-16-10-11-23(28(25,26)17-8-6-5-7-9-17)21(16)20-15(3)12-14(2)19(18)20/h5-11,13-15H,4,12H2,1-3H3/t14-,15+/m1/s1. The molecule has 0 N–H and O–H groups in total. The molecule has 146 valence electrons. The second kappa shape index (κ2) is 6.78. The Morgan fingerprint density at radius 3 is 2.46 bits per heavy atom. The van der Waals surface area contributed by atoms with Gasteiger partial charge in [0.25, 0.3) is 10.0 Å². The van der Waals surface area contributed by atoms with Gasteiger partial charge in [0.05, 0.1) is 22.6 Å². The van der Waals surface area contributed by atoms with Crippen LogP contribution in [0.15, 0.2) is 53.6 Å². The van der Waals surface area contributed by atoms with Crippen LogP contribution >= 0.6 is 0 Å². The number of fused-ring (bicyclic) bond motifs is 3. The van der Waals surface area contributed by atoms with E-state index < -0.39 is 10.0 Å². The predicted octanol–water partition coefficient (Wildman–Crippen LogP) is 4.67. The Bertz CT molecular complexity index is 1160. The molecule has 5 nitrogen and oxygen atoms in total. The van der Waals surface area contributed by atoms with E-state index in [0.717, 1.165) is 22.9 Å². The van der Waals surface area contributed by atoms with E-state index >= 15 is 0 Å². The van der Waals surface area contributed by atoms with Gasteiger partial charge in [-0.1, -0.05) is 32.0 Å². The third-order valence-electron chi connectivity index (χ3n) is 5.51. The average molecular weight is 397 g/mol. The molecule has 0 aliphatic heterocycles. The number of esters is 1. The Labute approximate surface area is 165 Å². The largest absolute Gasteiger partial charge is 0.462 e. The summed E-state index contributed by atoms with van der Waals surface area (Å²) < 4.78 is 33.2. The van der Waals surface area contributed by atoms with Crippen LogP contribution in [0.25, 0.3) is 10.9 Å². The number of aromatic nitrogens is 1. The molecule has 0 fully saturated rings. The smallest absolute Gasteiger partial charge is 0.338 e. The number of ether oxygens (including phenoxy) is 1. The molecule has 0 radical (unpaired) electrons. The minimum absolute atomic E-state index is 0.154. The van der Waals surface area contributed by atoms with Crippen molar-refractivity contribution in [1.82, 2.24) is 3.97 Å². The van der Waals surface area contributed by atoms with E-state index in [0.29, 0.717) is 17.7 Å². The molecule has 1 aliphatic carbocycles. The van der Waals surface area contributed by atoms with Gasteiger partial charge in [0.2, 0.25) is 0 Å². The normalized spacial score (nSPS) is 19.0. The summed E-state index contributed by atoms with van der Waals surface area (Å²) in [5.41, 5.74) is 3.08. The first-order chi connectivity index (χ1) is 13.4. The first-order valence-electron chi connectivity index (χ1n) is 9.51. The predicted molar refractivity (Wildman–Crippen MR) is 108 cm³/mol. The van der Waals surface area contributed by atoms with Gasteiger partial charge < -0.3 is 4.74 Å². The van der Waals surface area contributed by atoms with Crippen LogP contribution in [-0.4, -0.2) is 25.0 Å². The molecule has 2 atom stereocenters. The summed E-state index contributed by atoms with van der Waals surface area (Å²) >= 11 is 0. The van der Waals surface area contributed by atoms with Crippen LogP contribution in [0.2, 0.25) is 0 Å². The SMILES string of the molecule is CCOC(=O)c1cc2ccn(S(=O)(=O)c3ccccc3)c2c2c1[C@H](C)C[C@@H]2C. The summed E-state index contributed by atoms with van der Waals surface area (Å²) in [6.07, 6.45) is 2.45. The summed E-state index contributed by atoms with van der Waals surface area (Å²) in [7, 11) is -3.73. The number of rotatable bonds is 4. The summed E-state index contributed by atoms with van der Waals surface area (Å²) in [6, 6.07) is 12.0. The van der Waals surface area contributed by atoms with Crippen LogP contribution in [0.3, 0.4) is 0 Å². The molecule has 1 aliphatic rings. The lowest BCUT2D eigenvalue weighted by Gasteiger charge is -2.16. The Balaban J connectivity index is 2.03. The van der Waals surface area contributed by atoms with Gasteiger partial charge in [-0.05, 0) is 60.6 Å². The molecule has 1 aromatic heterocycles. The second-order valence-electron chi connectivity index (χ2n) is 7.38. The number of benzene rings is 2. The van der Waals surface area contributed by atoms with Crippen LogP contribution in [0, 0.1) is 0 Å². The number of hydrogen-bond acceptors (Lipinski definition) is 4. The zero-order chi connectivity index (χ0) is 20.1. The van der Waals surface area contributed by atoms with Crippen LogP contribution in [-0.2, 0) is 14.8 Å². The molecule has 0 spiro atoms. The molecular weight excluding hydrogens is 374 g/mol. The first-order valence-corrected chi connectivity index (χ1v) is 11.0. The highest BCUT2D eigenvalue weighted by Gasteiger charge is 2.34. The zero-order valence-corrected chi connectivity index (χ0v) is 17.0. The maximum atomic E-state index is 13.3. The molecule has 0 saturated heterocycles. The highest BCUT2D eigenvalue weighted by molar-refractivity contribution is 7.90. The van der Waals surface area contributed by atoms with Gasteiger partial charge in [0.15, 0.2) is 0 Å². The number of carbonyl (C=O) groups is 1. The third kappa shape index (κ3) is 2.75. The van der Waals surface area contributed by atoms with Crippen molar-refractivity contribution < 1.29 is 17.9 Å². The fraction of sp³-hybridized carbons (Fsp3) is 0.318. The summed E-state index contributed by atoms with van der Waals surface area (Å²) in [4.78, 5) is 12.8. The van der Waals surface area contributed by atoms with Gasteiger partial charge in [-0.2, -0.15) is 0 Å². The summed E-state index contributed by atoms with van der Waals surface area (Å²) in [5.74, 6) is -0.0293. The van der Waals surface area contributed by atoms with E-state index in [1.807, 2.05) is 0 Å². The minimum Gasteiger partial charge on any atom is -0.462 e. The lowest BCUT2D eigenvalue weighted by atomic mass is 9.94. The van der Waals surface area contributed by atoms with Gasteiger partial charge in [-0.15, -0.1) is 0 Å². The number of carbonyl (C=O) groups excluding carboxylic acids is 1. The zero-order valence-electron chi connectivity index (χ0n) is 16.2. The Hall–Kier alpha value is -2.60. The minimum atomic E-state index is -3.73. The molecule has 0 unspecified atom stereocenters. The fourth-order valence-electron chi connectivity index (χ4n) is 4.41. The molecule has 2 aromatic carbocycles. The second-order valence-corrected chi connectivity index (χ2v) is 9.19. The van der Waals surface area contributed by atoms with E-state index in [1.54, 1.807) is 55.6 Å². The Morgan fingerprint density at radius 1 is 1.11 bits per heavy atom. The highest BCUT2D eigenvalue weighted by Crippen LogP contribution is 2.47. The molecule has 3 aromatic rings. The number of nitrogens with zero attached hydrogens (tertiary/aromatic N) is 1. The Morgan fingerprint density at radius 2 is 1.79 bits per heavy atom. The summed E-state index contributed by atoms with van der Waals surface area (Å²) in [5, 5.41) is 0.738. The van der Waals surface area contributed by atoms with Crippen molar-refractivity contribution in [2.24, 2.45) is 0 Å². The molecule has 4 rings (SSSR count). The van der Waals surface area contributed by atoms with Crippen LogP contribution < -0.4 is 0 Å². The van der Waals surface area contributed by atoms with E-state index in [-0.39, 0.29) is 22.7 Å². The van der Waals surface area contributed by atoms with Crippen molar-refractivity contribution in [1.29, 1.82) is 0 Å². The first kappa shape index (κ1) is 18.7. The van der Waals surface area contributed by atoms with Crippen molar-refractivity contribution in [3.05, 3.63) is 65.4 Å². The molecule has 0 saturated carbocycles. The molecular formula is C22H23NO4S. The Kier molecular flexibility index (Phi) is 4.54. The van der Waals surface area contributed by atoms with E-state index in [4.69, 9.17) is 4.74 Å². The van der Waals surface area contributed by atoms with E-state index in [1.165, 1.54) is 3.97 Å². The van der Waals surface area contributed by atoms with Crippen molar-refractivity contribution >= 4 is 26.9 Å². The van der Waals surface area contributed by atoms with Gasteiger partial charge >= 0.3 is 5.97 Å². The van der Waals surface area contributed by atoms with Crippen LogP contribution in [0.1, 0.15) is 60.5 Å². The average Bonchev–Trinajstić information content (AvgIpc) is 3.23. The van der Waals surface area contributed by atoms with Gasteiger partial charge in [0.1, 0.15) is 0 Å².